The summed E-state index contributed by atoms with van der Waals surface area (Å²) in [5.41, 5.74) is 13.8. The van der Waals surface area contributed by atoms with Crippen LogP contribution < -0.4 is 0 Å². The van der Waals surface area contributed by atoms with Gasteiger partial charge in [-0.2, -0.15) is 0 Å². The maximum absolute atomic E-state index is 4.98. The molecular weight excluding hydrogens is 342 g/mol. The third-order valence-corrected chi connectivity index (χ3v) is 6.55. The number of hydrogen-bond donors (Lipinski definition) is 0. The lowest BCUT2D eigenvalue weighted by molar-refractivity contribution is 0.979. The van der Waals surface area contributed by atoms with Crippen LogP contribution in [0, 0.1) is 69.2 Å². The van der Waals surface area contributed by atoms with Crippen molar-refractivity contribution in [1.82, 2.24) is 15.0 Å². The van der Waals surface area contributed by atoms with Crippen molar-refractivity contribution in [2.45, 2.75) is 69.2 Å². The summed E-state index contributed by atoms with van der Waals surface area (Å²) < 4.78 is 0. The van der Waals surface area contributed by atoms with Crippen LogP contribution in [0.1, 0.15) is 55.9 Å². The molecule has 0 aliphatic heterocycles. The zero-order valence-electron chi connectivity index (χ0n) is 18.9. The molecule has 1 heterocycles. The molecule has 146 valence electrons. The number of nitrogens with zero attached hydrogens (tertiary/aromatic N) is 3. The first-order valence-corrected chi connectivity index (χ1v) is 9.92. The minimum atomic E-state index is 0.756. The second-order valence-electron chi connectivity index (χ2n) is 8.17. The van der Waals surface area contributed by atoms with E-state index in [9.17, 15) is 0 Å². The molecule has 0 radical (unpaired) electrons. The van der Waals surface area contributed by atoms with E-state index in [4.69, 9.17) is 15.0 Å². The van der Waals surface area contributed by atoms with Crippen LogP contribution in [-0.4, -0.2) is 15.0 Å². The monoisotopic (exact) mass is 373 g/mol. The molecule has 3 aromatic rings. The quantitative estimate of drug-likeness (QED) is 0.530. The highest BCUT2D eigenvalue weighted by atomic mass is 15.0. The van der Waals surface area contributed by atoms with Gasteiger partial charge in [-0.1, -0.05) is 6.07 Å². The van der Waals surface area contributed by atoms with Crippen molar-refractivity contribution in [2.24, 2.45) is 0 Å². The van der Waals surface area contributed by atoms with Crippen molar-refractivity contribution < 1.29 is 0 Å². The smallest absolute Gasteiger partial charge is 0.164 e. The number of benzene rings is 2. The summed E-state index contributed by atoms with van der Waals surface area (Å²) in [5, 5.41) is 0. The molecule has 0 bridgehead atoms. The normalized spacial score (nSPS) is 11.2. The Morgan fingerprint density at radius 3 is 1.39 bits per heavy atom. The molecule has 0 saturated heterocycles. The van der Waals surface area contributed by atoms with Crippen molar-refractivity contribution in [3.63, 3.8) is 0 Å². The third-order valence-electron chi connectivity index (χ3n) is 6.55. The van der Waals surface area contributed by atoms with Gasteiger partial charge in [0.15, 0.2) is 11.6 Å². The number of aryl methyl sites for hydroxylation is 3. The van der Waals surface area contributed by atoms with Gasteiger partial charge in [0.1, 0.15) is 5.82 Å². The first-order valence-electron chi connectivity index (χ1n) is 9.92. The summed E-state index contributed by atoms with van der Waals surface area (Å²) in [7, 11) is 0. The molecule has 0 atom stereocenters. The lowest BCUT2D eigenvalue weighted by Gasteiger charge is -2.19. The average Bonchev–Trinajstić information content (AvgIpc) is 2.63. The fourth-order valence-electron chi connectivity index (χ4n) is 4.17. The van der Waals surface area contributed by atoms with Gasteiger partial charge in [0.25, 0.3) is 0 Å². The Balaban J connectivity index is 2.34. The molecule has 0 aliphatic carbocycles. The standard InChI is InChI=1S/C25H31N3/c1-12-11-13(2)22(18(7)14(12)3)24-26-21(10)27-25(28-24)23-19(8)16(5)15(4)17(6)20(23)9/h11H,1-10H3. The zero-order chi connectivity index (χ0) is 20.9. The lowest BCUT2D eigenvalue weighted by Crippen LogP contribution is -2.06. The van der Waals surface area contributed by atoms with E-state index in [2.05, 4.69) is 68.4 Å². The van der Waals surface area contributed by atoms with Crippen LogP contribution in [0.3, 0.4) is 0 Å². The van der Waals surface area contributed by atoms with E-state index in [1.54, 1.807) is 0 Å². The number of hydrogen-bond acceptors (Lipinski definition) is 3. The third kappa shape index (κ3) is 3.13. The second-order valence-corrected chi connectivity index (χ2v) is 8.17. The van der Waals surface area contributed by atoms with Gasteiger partial charge in [0, 0.05) is 11.1 Å². The van der Waals surface area contributed by atoms with E-state index >= 15 is 0 Å². The van der Waals surface area contributed by atoms with Gasteiger partial charge < -0.3 is 0 Å². The predicted molar refractivity (Wildman–Crippen MR) is 118 cm³/mol. The van der Waals surface area contributed by atoms with Crippen LogP contribution in [0.25, 0.3) is 22.8 Å². The van der Waals surface area contributed by atoms with Gasteiger partial charge in [0.05, 0.1) is 0 Å². The van der Waals surface area contributed by atoms with Crippen molar-refractivity contribution in [3.8, 4) is 22.8 Å². The van der Waals surface area contributed by atoms with Crippen molar-refractivity contribution in [2.75, 3.05) is 0 Å². The van der Waals surface area contributed by atoms with Gasteiger partial charge in [-0.15, -0.1) is 0 Å². The SMILES string of the molecule is Cc1nc(-c2c(C)cc(C)c(C)c2C)nc(-c2c(C)c(C)c(C)c(C)c2C)n1. The van der Waals surface area contributed by atoms with E-state index in [0.717, 1.165) is 28.6 Å². The fraction of sp³-hybridized carbons (Fsp3) is 0.400. The Kier molecular flexibility index (Phi) is 5.14. The molecule has 0 fully saturated rings. The Labute approximate surface area is 169 Å². The summed E-state index contributed by atoms with van der Waals surface area (Å²) in [4.78, 5) is 14.4. The van der Waals surface area contributed by atoms with E-state index < -0.39 is 0 Å². The first kappa shape index (κ1) is 20.2. The van der Waals surface area contributed by atoms with Crippen LogP contribution in [-0.2, 0) is 0 Å². The number of rotatable bonds is 2. The summed E-state index contributed by atoms with van der Waals surface area (Å²) in [6.07, 6.45) is 0. The van der Waals surface area contributed by atoms with Crippen molar-refractivity contribution >= 4 is 0 Å². The largest absolute Gasteiger partial charge is 0.213 e. The predicted octanol–water partition coefficient (Wildman–Crippen LogP) is 6.29. The molecule has 28 heavy (non-hydrogen) atoms. The second kappa shape index (κ2) is 7.12. The minimum Gasteiger partial charge on any atom is -0.213 e. The topological polar surface area (TPSA) is 38.7 Å². The van der Waals surface area contributed by atoms with Crippen LogP contribution in [0.4, 0.5) is 0 Å². The van der Waals surface area contributed by atoms with Gasteiger partial charge >= 0.3 is 0 Å². The molecule has 0 N–H and O–H groups in total. The molecule has 0 amide bonds. The minimum absolute atomic E-state index is 0.756. The highest BCUT2D eigenvalue weighted by Gasteiger charge is 2.19. The molecule has 3 nitrogen and oxygen atoms in total. The van der Waals surface area contributed by atoms with Crippen LogP contribution >= 0.6 is 0 Å². The van der Waals surface area contributed by atoms with E-state index in [1.165, 1.54) is 50.1 Å². The van der Waals surface area contributed by atoms with Gasteiger partial charge in [-0.05, 0) is 119 Å². The Morgan fingerprint density at radius 2 is 0.857 bits per heavy atom. The van der Waals surface area contributed by atoms with Crippen LogP contribution in [0.15, 0.2) is 6.07 Å². The summed E-state index contributed by atoms with van der Waals surface area (Å²) in [6.45, 7) is 21.5. The van der Waals surface area contributed by atoms with Gasteiger partial charge in [-0.25, -0.2) is 15.0 Å². The highest BCUT2D eigenvalue weighted by Crippen LogP contribution is 2.34. The summed E-state index contributed by atoms with van der Waals surface area (Å²) in [6, 6.07) is 2.23. The van der Waals surface area contributed by atoms with E-state index in [1.807, 2.05) is 6.92 Å². The van der Waals surface area contributed by atoms with Crippen molar-refractivity contribution in [1.29, 1.82) is 0 Å². The molecule has 0 aliphatic rings. The van der Waals surface area contributed by atoms with Gasteiger partial charge in [0.2, 0.25) is 0 Å². The lowest BCUT2D eigenvalue weighted by atomic mass is 9.89. The van der Waals surface area contributed by atoms with Crippen LogP contribution in [0.5, 0.6) is 0 Å². The van der Waals surface area contributed by atoms with Crippen LogP contribution in [0.2, 0.25) is 0 Å². The molecule has 3 heteroatoms. The Hall–Kier alpha value is -2.55. The Morgan fingerprint density at radius 1 is 0.429 bits per heavy atom. The summed E-state index contributed by atoms with van der Waals surface area (Å²) in [5.74, 6) is 2.31. The maximum Gasteiger partial charge on any atom is 0.164 e. The fourth-order valence-corrected chi connectivity index (χ4v) is 4.17. The molecule has 2 aromatic carbocycles. The van der Waals surface area contributed by atoms with Gasteiger partial charge in [-0.3, -0.25) is 0 Å². The van der Waals surface area contributed by atoms with E-state index in [-0.39, 0.29) is 0 Å². The molecule has 0 unspecified atom stereocenters. The highest BCUT2D eigenvalue weighted by molar-refractivity contribution is 5.73. The zero-order valence-corrected chi connectivity index (χ0v) is 18.9. The average molecular weight is 374 g/mol. The van der Waals surface area contributed by atoms with E-state index in [0.29, 0.717) is 0 Å². The molecule has 0 saturated carbocycles. The molecular formula is C25H31N3. The first-order chi connectivity index (χ1) is 13.0. The van der Waals surface area contributed by atoms with Crippen molar-refractivity contribution in [3.05, 3.63) is 62.0 Å². The Bertz CT molecular complexity index is 1080. The molecule has 3 rings (SSSR count). The molecule has 0 spiro atoms. The molecule has 1 aromatic heterocycles. The maximum atomic E-state index is 4.98. The number of aromatic nitrogens is 3. The summed E-state index contributed by atoms with van der Waals surface area (Å²) >= 11 is 0.